The Labute approximate surface area is 115 Å². The molecular weight excluding hydrogens is 246 g/mol. The Morgan fingerprint density at radius 2 is 2.00 bits per heavy atom. The second kappa shape index (κ2) is 6.44. The van der Waals surface area contributed by atoms with Crippen molar-refractivity contribution in [3.05, 3.63) is 29.8 Å². The van der Waals surface area contributed by atoms with Crippen molar-refractivity contribution in [2.45, 2.75) is 31.7 Å². The number of rotatable bonds is 4. The molecule has 1 unspecified atom stereocenters. The summed E-state index contributed by atoms with van der Waals surface area (Å²) in [4.78, 5) is 2.49. The van der Waals surface area contributed by atoms with E-state index < -0.39 is 0 Å². The molecule has 100 valence electrons. The molecule has 1 aliphatic heterocycles. The van der Waals surface area contributed by atoms with Gasteiger partial charge in [0, 0.05) is 17.5 Å². The molecule has 0 N–H and O–H groups in total. The monoisotopic (exact) mass is 267 g/mol. The average molecular weight is 268 g/mol. The second-order valence-electron chi connectivity index (χ2n) is 5.10. The molecule has 1 fully saturated rings. The van der Waals surface area contributed by atoms with Crippen LogP contribution in [0.25, 0.3) is 0 Å². The molecule has 1 heterocycles. The predicted octanol–water partition coefficient (Wildman–Crippen LogP) is 3.53. The molecule has 1 atom stereocenters. The van der Waals surface area contributed by atoms with Gasteiger partial charge in [0.1, 0.15) is 5.75 Å². The van der Waals surface area contributed by atoms with Crippen molar-refractivity contribution in [2.75, 3.05) is 20.2 Å². The molecule has 0 aromatic heterocycles. The summed E-state index contributed by atoms with van der Waals surface area (Å²) in [7, 11) is 1.74. The predicted molar refractivity (Wildman–Crippen MR) is 76.3 cm³/mol. The summed E-state index contributed by atoms with van der Waals surface area (Å²) in [6, 6.07) is 8.27. The van der Waals surface area contributed by atoms with Crippen molar-refractivity contribution in [3.8, 4) is 5.75 Å². The normalized spacial score (nSPS) is 19.7. The van der Waals surface area contributed by atoms with Gasteiger partial charge in [-0.1, -0.05) is 18.2 Å². The number of likely N-dealkylation sites (tertiary alicyclic amines) is 1. The minimum atomic E-state index is 0.304. The van der Waals surface area contributed by atoms with Gasteiger partial charge < -0.3 is 4.74 Å². The van der Waals surface area contributed by atoms with Gasteiger partial charge in [-0.3, -0.25) is 4.90 Å². The summed E-state index contributed by atoms with van der Waals surface area (Å²) < 4.78 is 5.40. The highest BCUT2D eigenvalue weighted by atomic mass is 35.5. The Hall–Kier alpha value is -0.730. The van der Waals surface area contributed by atoms with Crippen LogP contribution in [0.1, 0.15) is 25.3 Å². The SMILES string of the molecule is COc1ccccc1CN1CCC(C(C)Cl)CC1. The van der Waals surface area contributed by atoms with Crippen molar-refractivity contribution < 1.29 is 4.74 Å². The van der Waals surface area contributed by atoms with E-state index in [4.69, 9.17) is 16.3 Å². The lowest BCUT2D eigenvalue weighted by Crippen LogP contribution is -2.35. The van der Waals surface area contributed by atoms with E-state index in [1.54, 1.807) is 7.11 Å². The lowest BCUT2D eigenvalue weighted by Gasteiger charge is -2.33. The number of methoxy groups -OCH3 is 1. The van der Waals surface area contributed by atoms with E-state index in [1.165, 1.54) is 18.4 Å². The molecule has 0 radical (unpaired) electrons. The summed E-state index contributed by atoms with van der Waals surface area (Å²) in [5.74, 6) is 1.67. The van der Waals surface area contributed by atoms with Crippen LogP contribution in [0, 0.1) is 5.92 Å². The van der Waals surface area contributed by atoms with E-state index in [9.17, 15) is 0 Å². The van der Waals surface area contributed by atoms with Gasteiger partial charge in [0.25, 0.3) is 0 Å². The number of hydrogen-bond acceptors (Lipinski definition) is 2. The van der Waals surface area contributed by atoms with Crippen LogP contribution in [0.15, 0.2) is 24.3 Å². The van der Waals surface area contributed by atoms with Crippen LogP contribution >= 0.6 is 11.6 Å². The molecule has 0 amide bonds. The minimum Gasteiger partial charge on any atom is -0.496 e. The van der Waals surface area contributed by atoms with E-state index in [0.29, 0.717) is 11.3 Å². The molecule has 0 aliphatic carbocycles. The van der Waals surface area contributed by atoms with Gasteiger partial charge in [-0.2, -0.15) is 0 Å². The van der Waals surface area contributed by atoms with Crippen LogP contribution in [0.2, 0.25) is 0 Å². The van der Waals surface area contributed by atoms with Crippen LogP contribution < -0.4 is 4.74 Å². The van der Waals surface area contributed by atoms with Crippen LogP contribution in [-0.4, -0.2) is 30.5 Å². The quantitative estimate of drug-likeness (QED) is 0.774. The zero-order valence-corrected chi connectivity index (χ0v) is 12.0. The van der Waals surface area contributed by atoms with Crippen molar-refractivity contribution in [1.29, 1.82) is 0 Å². The summed E-state index contributed by atoms with van der Waals surface area (Å²) in [5.41, 5.74) is 1.28. The molecule has 0 spiro atoms. The van der Waals surface area contributed by atoms with Gasteiger partial charge in [-0.05, 0) is 44.8 Å². The fraction of sp³-hybridized carbons (Fsp3) is 0.600. The minimum absolute atomic E-state index is 0.304. The number of piperidine rings is 1. The molecule has 18 heavy (non-hydrogen) atoms. The molecule has 1 aromatic rings. The summed E-state index contributed by atoms with van der Waals surface area (Å²) in [6.45, 7) is 5.37. The number of benzene rings is 1. The molecule has 2 rings (SSSR count). The van der Waals surface area contributed by atoms with E-state index in [-0.39, 0.29) is 0 Å². The smallest absolute Gasteiger partial charge is 0.123 e. The Kier molecular flexibility index (Phi) is 4.90. The average Bonchev–Trinajstić information content (AvgIpc) is 2.40. The Bertz CT molecular complexity index is 373. The zero-order chi connectivity index (χ0) is 13.0. The Morgan fingerprint density at radius 1 is 1.33 bits per heavy atom. The van der Waals surface area contributed by atoms with Gasteiger partial charge in [0.05, 0.1) is 7.11 Å². The first-order chi connectivity index (χ1) is 8.70. The maximum atomic E-state index is 6.17. The third kappa shape index (κ3) is 3.39. The fourth-order valence-corrected chi connectivity index (χ4v) is 2.90. The highest BCUT2D eigenvalue weighted by molar-refractivity contribution is 6.20. The summed E-state index contributed by atoms with van der Waals surface area (Å²) in [5, 5.41) is 0.304. The van der Waals surface area contributed by atoms with Gasteiger partial charge in [-0.15, -0.1) is 11.6 Å². The number of ether oxygens (including phenoxy) is 1. The van der Waals surface area contributed by atoms with Crippen molar-refractivity contribution in [1.82, 2.24) is 4.90 Å². The van der Waals surface area contributed by atoms with Crippen LogP contribution in [-0.2, 0) is 6.54 Å². The number of hydrogen-bond donors (Lipinski definition) is 0. The largest absolute Gasteiger partial charge is 0.496 e. The third-order valence-corrected chi connectivity index (χ3v) is 4.22. The maximum Gasteiger partial charge on any atom is 0.123 e. The molecule has 1 aliphatic rings. The first kappa shape index (κ1) is 13.7. The van der Waals surface area contributed by atoms with Crippen molar-refractivity contribution in [2.24, 2.45) is 5.92 Å². The first-order valence-corrected chi connectivity index (χ1v) is 7.12. The lowest BCUT2D eigenvalue weighted by atomic mass is 9.94. The molecule has 0 saturated carbocycles. The highest BCUT2D eigenvalue weighted by Gasteiger charge is 2.22. The van der Waals surface area contributed by atoms with Crippen molar-refractivity contribution in [3.63, 3.8) is 0 Å². The van der Waals surface area contributed by atoms with Gasteiger partial charge in [0.2, 0.25) is 0 Å². The third-order valence-electron chi connectivity index (χ3n) is 3.87. The van der Waals surface area contributed by atoms with E-state index in [2.05, 4.69) is 24.0 Å². The maximum absolute atomic E-state index is 6.17. The number of para-hydroxylation sites is 1. The Balaban J connectivity index is 1.91. The van der Waals surface area contributed by atoms with E-state index >= 15 is 0 Å². The molecule has 3 heteroatoms. The zero-order valence-electron chi connectivity index (χ0n) is 11.2. The van der Waals surface area contributed by atoms with Crippen molar-refractivity contribution >= 4 is 11.6 Å². The van der Waals surface area contributed by atoms with Gasteiger partial charge in [0.15, 0.2) is 0 Å². The van der Waals surface area contributed by atoms with Gasteiger partial charge in [-0.25, -0.2) is 0 Å². The van der Waals surface area contributed by atoms with Gasteiger partial charge >= 0.3 is 0 Å². The van der Waals surface area contributed by atoms with E-state index in [0.717, 1.165) is 25.4 Å². The molecular formula is C15H22ClNO. The standard InChI is InChI=1S/C15H22ClNO/c1-12(16)13-7-9-17(10-8-13)11-14-5-3-4-6-15(14)18-2/h3-6,12-13H,7-11H2,1-2H3. The molecule has 0 bridgehead atoms. The van der Waals surface area contributed by atoms with Crippen LogP contribution in [0.5, 0.6) is 5.75 Å². The second-order valence-corrected chi connectivity index (χ2v) is 5.79. The topological polar surface area (TPSA) is 12.5 Å². The molecule has 1 saturated heterocycles. The van der Waals surface area contributed by atoms with Crippen LogP contribution in [0.4, 0.5) is 0 Å². The molecule has 2 nitrogen and oxygen atoms in total. The van der Waals surface area contributed by atoms with E-state index in [1.807, 2.05) is 12.1 Å². The highest BCUT2D eigenvalue weighted by Crippen LogP contribution is 2.26. The lowest BCUT2D eigenvalue weighted by molar-refractivity contribution is 0.175. The number of halogens is 1. The summed E-state index contributed by atoms with van der Waals surface area (Å²) >= 11 is 6.17. The number of alkyl halides is 1. The first-order valence-electron chi connectivity index (χ1n) is 6.69. The summed E-state index contributed by atoms with van der Waals surface area (Å²) in [6.07, 6.45) is 2.42. The van der Waals surface area contributed by atoms with Crippen LogP contribution in [0.3, 0.4) is 0 Å². The fourth-order valence-electron chi connectivity index (χ4n) is 2.64. The molecule has 1 aromatic carbocycles. The Morgan fingerprint density at radius 3 is 2.61 bits per heavy atom. The number of nitrogens with zero attached hydrogens (tertiary/aromatic N) is 1.